The largest absolute Gasteiger partial charge is 0.480 e. The van der Waals surface area contributed by atoms with Crippen molar-refractivity contribution in [3.05, 3.63) is 0 Å². The van der Waals surface area contributed by atoms with Crippen LogP contribution in [0.1, 0.15) is 26.2 Å². The predicted octanol–water partition coefficient (Wildman–Crippen LogP) is -0.300. The van der Waals surface area contributed by atoms with Crippen LogP contribution in [0.25, 0.3) is 0 Å². The van der Waals surface area contributed by atoms with E-state index in [0.717, 1.165) is 25.9 Å². The lowest BCUT2D eigenvalue weighted by atomic mass is 10.1. The van der Waals surface area contributed by atoms with Crippen molar-refractivity contribution in [1.82, 2.24) is 15.1 Å². The molecule has 0 spiro atoms. The van der Waals surface area contributed by atoms with Crippen molar-refractivity contribution in [3.8, 4) is 0 Å². The molecule has 7 nitrogen and oxygen atoms in total. The number of nitrogens with one attached hydrogen (secondary N) is 1. The molecule has 20 heavy (non-hydrogen) atoms. The Balaban J connectivity index is 2.08. The SMILES string of the molecule is CCN(C(=O)N1C[C@H](O)C[C@@H]1C(=O)O)C1CCNCC1. The number of likely N-dealkylation sites (tertiary alicyclic amines) is 1. The number of aliphatic hydroxyl groups is 1. The van der Waals surface area contributed by atoms with E-state index in [9.17, 15) is 19.8 Å². The molecular weight excluding hydrogens is 262 g/mol. The number of piperidine rings is 1. The lowest BCUT2D eigenvalue weighted by molar-refractivity contribution is -0.141. The van der Waals surface area contributed by atoms with Crippen molar-refractivity contribution in [1.29, 1.82) is 0 Å². The van der Waals surface area contributed by atoms with Crippen LogP contribution in [0.2, 0.25) is 0 Å². The number of amides is 2. The fourth-order valence-corrected chi connectivity index (χ4v) is 3.09. The van der Waals surface area contributed by atoms with Crippen LogP contribution in [0.15, 0.2) is 0 Å². The van der Waals surface area contributed by atoms with Crippen molar-refractivity contribution in [2.45, 2.75) is 44.4 Å². The van der Waals surface area contributed by atoms with E-state index in [-0.39, 0.29) is 25.0 Å². The third-order valence-electron chi connectivity index (χ3n) is 4.15. The molecule has 7 heteroatoms. The number of hydrogen-bond donors (Lipinski definition) is 3. The van der Waals surface area contributed by atoms with Crippen LogP contribution in [0.4, 0.5) is 4.79 Å². The zero-order valence-corrected chi connectivity index (χ0v) is 11.8. The summed E-state index contributed by atoms with van der Waals surface area (Å²) in [5.74, 6) is -1.05. The van der Waals surface area contributed by atoms with Crippen LogP contribution in [-0.4, -0.2) is 76.4 Å². The van der Waals surface area contributed by atoms with Gasteiger partial charge in [-0.2, -0.15) is 0 Å². The summed E-state index contributed by atoms with van der Waals surface area (Å²) in [4.78, 5) is 26.9. The van der Waals surface area contributed by atoms with Gasteiger partial charge in [0.2, 0.25) is 0 Å². The molecule has 0 saturated carbocycles. The van der Waals surface area contributed by atoms with Crippen LogP contribution in [0.5, 0.6) is 0 Å². The van der Waals surface area contributed by atoms with Crippen molar-refractivity contribution in [3.63, 3.8) is 0 Å². The maximum Gasteiger partial charge on any atom is 0.326 e. The number of hydrogen-bond acceptors (Lipinski definition) is 4. The lowest BCUT2D eigenvalue weighted by Gasteiger charge is -2.37. The van der Waals surface area contributed by atoms with Gasteiger partial charge in [0.05, 0.1) is 6.10 Å². The molecule has 2 amide bonds. The number of carbonyl (C=O) groups excluding carboxylic acids is 1. The second kappa shape index (κ2) is 6.41. The summed E-state index contributed by atoms with van der Waals surface area (Å²) in [6.07, 6.45) is 1.14. The van der Waals surface area contributed by atoms with Gasteiger partial charge in [-0.15, -0.1) is 0 Å². The minimum atomic E-state index is -1.05. The summed E-state index contributed by atoms with van der Waals surface area (Å²) in [7, 11) is 0. The van der Waals surface area contributed by atoms with Gasteiger partial charge in [0.25, 0.3) is 0 Å². The van der Waals surface area contributed by atoms with Gasteiger partial charge in [0.1, 0.15) is 6.04 Å². The van der Waals surface area contributed by atoms with E-state index >= 15 is 0 Å². The molecule has 0 radical (unpaired) electrons. The van der Waals surface area contributed by atoms with Crippen molar-refractivity contribution in [2.75, 3.05) is 26.2 Å². The highest BCUT2D eigenvalue weighted by molar-refractivity contribution is 5.83. The number of rotatable bonds is 3. The molecule has 0 aromatic carbocycles. The highest BCUT2D eigenvalue weighted by Crippen LogP contribution is 2.22. The third-order valence-corrected chi connectivity index (χ3v) is 4.15. The number of carboxylic acid groups (broad SMARTS) is 1. The Kier molecular flexibility index (Phi) is 4.82. The van der Waals surface area contributed by atoms with E-state index in [2.05, 4.69) is 5.32 Å². The number of aliphatic hydroxyl groups excluding tert-OH is 1. The highest BCUT2D eigenvalue weighted by Gasteiger charge is 2.41. The smallest absolute Gasteiger partial charge is 0.326 e. The van der Waals surface area contributed by atoms with E-state index in [0.29, 0.717) is 6.54 Å². The molecule has 0 bridgehead atoms. The van der Waals surface area contributed by atoms with Crippen molar-refractivity contribution < 1.29 is 19.8 Å². The van der Waals surface area contributed by atoms with Crippen LogP contribution >= 0.6 is 0 Å². The Morgan fingerprint density at radius 2 is 2.00 bits per heavy atom. The summed E-state index contributed by atoms with van der Waals surface area (Å²) in [5.41, 5.74) is 0. The zero-order chi connectivity index (χ0) is 14.7. The molecule has 3 N–H and O–H groups in total. The van der Waals surface area contributed by atoms with Crippen LogP contribution in [0.3, 0.4) is 0 Å². The van der Waals surface area contributed by atoms with Gasteiger partial charge in [0, 0.05) is 25.6 Å². The van der Waals surface area contributed by atoms with Gasteiger partial charge >= 0.3 is 12.0 Å². The zero-order valence-electron chi connectivity index (χ0n) is 11.8. The molecule has 2 aliphatic heterocycles. The standard InChI is InChI=1S/C13H23N3O4/c1-2-15(9-3-5-14-6-4-9)13(20)16-8-10(17)7-11(16)12(18)19/h9-11,14,17H,2-8H2,1H3,(H,18,19)/t10-,11-/m1/s1. The minimum absolute atomic E-state index is 0.108. The number of nitrogens with zero attached hydrogens (tertiary/aromatic N) is 2. The van der Waals surface area contributed by atoms with E-state index < -0.39 is 18.1 Å². The second-order valence-electron chi connectivity index (χ2n) is 5.45. The van der Waals surface area contributed by atoms with Gasteiger partial charge < -0.3 is 25.3 Å². The lowest BCUT2D eigenvalue weighted by Crippen LogP contribution is -2.53. The first-order chi connectivity index (χ1) is 9.54. The summed E-state index contributed by atoms with van der Waals surface area (Å²) < 4.78 is 0. The van der Waals surface area contributed by atoms with Crippen molar-refractivity contribution >= 4 is 12.0 Å². The number of urea groups is 1. The molecule has 2 heterocycles. The fourth-order valence-electron chi connectivity index (χ4n) is 3.09. The van der Waals surface area contributed by atoms with Crippen LogP contribution in [-0.2, 0) is 4.79 Å². The summed E-state index contributed by atoms with van der Waals surface area (Å²) in [5, 5.41) is 22.1. The highest BCUT2D eigenvalue weighted by atomic mass is 16.4. The summed E-state index contributed by atoms with van der Waals surface area (Å²) in [6, 6.07) is -1.02. The molecule has 2 saturated heterocycles. The number of aliphatic carboxylic acids is 1. The molecule has 114 valence electrons. The molecule has 0 unspecified atom stereocenters. The molecular formula is C13H23N3O4. The quantitative estimate of drug-likeness (QED) is 0.662. The Morgan fingerprint density at radius 3 is 2.55 bits per heavy atom. The molecule has 0 aromatic heterocycles. The molecule has 0 aromatic rings. The number of β-amino-alcohol motifs (C(OH)–C–C–N with tert-alkyl or cyclic N) is 1. The Bertz CT molecular complexity index is 371. The Hall–Kier alpha value is -1.34. The van der Waals surface area contributed by atoms with E-state index in [1.54, 1.807) is 4.90 Å². The minimum Gasteiger partial charge on any atom is -0.480 e. The number of carbonyl (C=O) groups is 2. The molecule has 2 aliphatic rings. The number of carboxylic acids is 1. The molecule has 2 rings (SSSR count). The average molecular weight is 285 g/mol. The molecule has 2 atom stereocenters. The van der Waals surface area contributed by atoms with Gasteiger partial charge in [-0.25, -0.2) is 9.59 Å². The average Bonchev–Trinajstić information content (AvgIpc) is 2.83. The van der Waals surface area contributed by atoms with Gasteiger partial charge in [-0.3, -0.25) is 0 Å². The predicted molar refractivity (Wildman–Crippen MR) is 72.4 cm³/mol. The Morgan fingerprint density at radius 1 is 1.35 bits per heavy atom. The van der Waals surface area contributed by atoms with Crippen LogP contribution < -0.4 is 5.32 Å². The van der Waals surface area contributed by atoms with Crippen molar-refractivity contribution in [2.24, 2.45) is 0 Å². The van der Waals surface area contributed by atoms with Gasteiger partial charge in [0.15, 0.2) is 0 Å². The normalized spacial score (nSPS) is 27.6. The third kappa shape index (κ3) is 3.04. The van der Waals surface area contributed by atoms with E-state index in [1.807, 2.05) is 6.92 Å². The first-order valence-electron chi connectivity index (χ1n) is 7.23. The van der Waals surface area contributed by atoms with E-state index in [1.165, 1.54) is 4.90 Å². The summed E-state index contributed by atoms with van der Waals surface area (Å²) in [6.45, 7) is 4.32. The monoisotopic (exact) mass is 285 g/mol. The molecule has 2 fully saturated rings. The first-order valence-corrected chi connectivity index (χ1v) is 7.23. The summed E-state index contributed by atoms with van der Waals surface area (Å²) >= 11 is 0. The van der Waals surface area contributed by atoms with Gasteiger partial charge in [-0.05, 0) is 32.9 Å². The van der Waals surface area contributed by atoms with Crippen LogP contribution in [0, 0.1) is 0 Å². The van der Waals surface area contributed by atoms with Gasteiger partial charge in [-0.1, -0.05) is 0 Å². The topological polar surface area (TPSA) is 93.1 Å². The first kappa shape index (κ1) is 15.1. The molecule has 0 aliphatic carbocycles. The fraction of sp³-hybridized carbons (Fsp3) is 0.846. The Labute approximate surface area is 118 Å². The second-order valence-corrected chi connectivity index (χ2v) is 5.45. The van der Waals surface area contributed by atoms with E-state index in [4.69, 9.17) is 0 Å². The maximum atomic E-state index is 12.6. The maximum absolute atomic E-state index is 12.6.